The lowest BCUT2D eigenvalue weighted by molar-refractivity contribution is 0.373. The minimum atomic E-state index is -0.491. The number of phenols is 1. The van der Waals surface area contributed by atoms with Crippen molar-refractivity contribution in [1.29, 1.82) is 0 Å². The van der Waals surface area contributed by atoms with Crippen molar-refractivity contribution in [2.75, 3.05) is 7.11 Å². The van der Waals surface area contributed by atoms with Gasteiger partial charge in [0.25, 0.3) is 5.56 Å². The summed E-state index contributed by atoms with van der Waals surface area (Å²) in [6.45, 7) is 0. The van der Waals surface area contributed by atoms with Crippen LogP contribution in [0.2, 0.25) is 0 Å². The Balaban J connectivity index is 1.88. The number of hydrogen-bond donors (Lipinski definition) is 3. The van der Waals surface area contributed by atoms with Crippen molar-refractivity contribution in [1.82, 2.24) is 9.55 Å². The molecule has 1 aliphatic heterocycles. The van der Waals surface area contributed by atoms with E-state index in [2.05, 4.69) is 4.98 Å². The van der Waals surface area contributed by atoms with E-state index in [0.717, 1.165) is 10.5 Å². The van der Waals surface area contributed by atoms with Gasteiger partial charge in [-0.3, -0.25) is 19.3 Å². The first-order valence-electron chi connectivity index (χ1n) is 9.12. The lowest BCUT2D eigenvalue weighted by Crippen LogP contribution is -2.23. The van der Waals surface area contributed by atoms with Gasteiger partial charge in [-0.15, -0.1) is 11.8 Å². The number of para-hydroxylation sites is 1. The average molecular weight is 442 g/mol. The van der Waals surface area contributed by atoms with Crippen LogP contribution in [0.15, 0.2) is 57.1 Å². The molecule has 154 valence electrons. The zero-order valence-corrected chi connectivity index (χ0v) is 17.9. The van der Waals surface area contributed by atoms with Gasteiger partial charge in [-0.25, -0.2) is 0 Å². The summed E-state index contributed by atoms with van der Waals surface area (Å²) in [7, 11) is 3.07. The maximum absolute atomic E-state index is 12.7. The van der Waals surface area contributed by atoms with Gasteiger partial charge in [0.05, 0.1) is 18.5 Å². The standard InChI is InChI=1S/C21H19N3O4S2/c1-24-20(27)18(19(26)23-21(24)29)13-10-17(11-7-8-15(28-2)14(25)9-11)30-16-6-4-3-5-12(16)22-13/h3-9,17,25,27H,10H2,1-2H3,(H,23,26,29)/t17-/m1/s1. The number of thioether (sulfide) groups is 1. The number of ether oxygens (including phenoxy) is 1. The quantitative estimate of drug-likeness (QED) is 0.526. The number of H-pyrrole nitrogens is 1. The average Bonchev–Trinajstić information content (AvgIpc) is 2.91. The van der Waals surface area contributed by atoms with Crippen LogP contribution in [0.1, 0.15) is 22.8 Å². The van der Waals surface area contributed by atoms with Crippen LogP contribution in [0.4, 0.5) is 5.69 Å². The molecule has 7 nitrogen and oxygen atoms in total. The molecule has 0 unspecified atom stereocenters. The van der Waals surface area contributed by atoms with E-state index in [1.807, 2.05) is 30.3 Å². The summed E-state index contributed by atoms with van der Waals surface area (Å²) in [4.78, 5) is 20.9. The Morgan fingerprint density at radius 3 is 2.77 bits per heavy atom. The first-order valence-corrected chi connectivity index (χ1v) is 10.4. The number of aromatic nitrogens is 2. The number of fused-ring (bicyclic) bond motifs is 1. The number of aliphatic imine (C=N–C) groups is 1. The number of rotatable bonds is 3. The zero-order valence-electron chi connectivity index (χ0n) is 16.2. The van der Waals surface area contributed by atoms with Crippen LogP contribution in [0.3, 0.4) is 0 Å². The summed E-state index contributed by atoms with van der Waals surface area (Å²) in [5, 5.41) is 20.7. The van der Waals surface area contributed by atoms with E-state index in [9.17, 15) is 15.0 Å². The Hall–Kier alpha value is -3.04. The molecule has 1 aromatic heterocycles. The topological polar surface area (TPSA) is 99.8 Å². The van der Waals surface area contributed by atoms with Crippen molar-refractivity contribution < 1.29 is 14.9 Å². The SMILES string of the molecule is COc1ccc([C@H]2CC(c3c(O)n(C)c(=S)[nH]c3=O)=Nc3ccccc3S2)cc1O. The number of aromatic hydroxyl groups is 2. The number of nitrogens with one attached hydrogen (secondary N) is 1. The molecule has 3 N–H and O–H groups in total. The van der Waals surface area contributed by atoms with Crippen molar-refractivity contribution in [3.8, 4) is 17.4 Å². The highest BCUT2D eigenvalue weighted by molar-refractivity contribution is 7.99. The summed E-state index contributed by atoms with van der Waals surface area (Å²) >= 11 is 6.66. The van der Waals surface area contributed by atoms with Gasteiger partial charge in [-0.1, -0.05) is 18.2 Å². The fourth-order valence-corrected chi connectivity index (χ4v) is 4.73. The van der Waals surface area contributed by atoms with Gasteiger partial charge in [-0.2, -0.15) is 0 Å². The fraction of sp³-hybridized carbons (Fsp3) is 0.190. The van der Waals surface area contributed by atoms with Crippen LogP contribution in [-0.2, 0) is 7.05 Å². The van der Waals surface area contributed by atoms with Crippen LogP contribution in [-0.4, -0.2) is 32.6 Å². The summed E-state index contributed by atoms with van der Waals surface area (Å²) in [6, 6.07) is 12.8. The molecule has 1 aliphatic rings. The highest BCUT2D eigenvalue weighted by Crippen LogP contribution is 2.46. The molecule has 0 saturated carbocycles. The van der Waals surface area contributed by atoms with Crippen LogP contribution in [0, 0.1) is 4.77 Å². The van der Waals surface area contributed by atoms with E-state index < -0.39 is 5.56 Å². The predicted octanol–water partition coefficient (Wildman–Crippen LogP) is 4.22. The first kappa shape index (κ1) is 20.2. The number of aromatic amines is 1. The molecule has 0 spiro atoms. The van der Waals surface area contributed by atoms with Crippen molar-refractivity contribution in [3.63, 3.8) is 0 Å². The number of hydrogen-bond acceptors (Lipinski definition) is 7. The van der Waals surface area contributed by atoms with Crippen molar-refractivity contribution in [2.45, 2.75) is 16.6 Å². The Morgan fingerprint density at radius 1 is 1.27 bits per heavy atom. The predicted molar refractivity (Wildman–Crippen MR) is 119 cm³/mol. The summed E-state index contributed by atoms with van der Waals surface area (Å²) < 4.78 is 6.61. The molecule has 2 heterocycles. The van der Waals surface area contributed by atoms with Gasteiger partial charge in [-0.05, 0) is 42.0 Å². The van der Waals surface area contributed by atoms with E-state index in [0.29, 0.717) is 23.6 Å². The lowest BCUT2D eigenvalue weighted by Gasteiger charge is -2.17. The first-order chi connectivity index (χ1) is 14.4. The number of nitrogens with zero attached hydrogens (tertiary/aromatic N) is 2. The maximum atomic E-state index is 12.7. The van der Waals surface area contributed by atoms with Gasteiger partial charge in [0.2, 0.25) is 5.88 Å². The second-order valence-corrected chi connectivity index (χ2v) is 8.42. The van der Waals surface area contributed by atoms with E-state index in [1.54, 1.807) is 30.9 Å². The monoisotopic (exact) mass is 441 g/mol. The smallest absolute Gasteiger partial charge is 0.264 e. The number of benzene rings is 2. The summed E-state index contributed by atoms with van der Waals surface area (Å²) in [6.07, 6.45) is 0.360. The maximum Gasteiger partial charge on any atom is 0.264 e. The van der Waals surface area contributed by atoms with Gasteiger partial charge < -0.3 is 14.9 Å². The normalized spacial score (nSPS) is 15.8. The molecule has 4 rings (SSSR count). The molecule has 9 heteroatoms. The third-order valence-electron chi connectivity index (χ3n) is 4.93. The largest absolute Gasteiger partial charge is 0.504 e. The molecule has 0 amide bonds. The molecule has 0 aliphatic carbocycles. The molecule has 3 aromatic rings. The van der Waals surface area contributed by atoms with Crippen LogP contribution < -0.4 is 10.3 Å². The number of phenolic OH excluding ortho intramolecular Hbond substituents is 1. The highest BCUT2D eigenvalue weighted by Gasteiger charge is 2.27. The molecule has 0 radical (unpaired) electrons. The van der Waals surface area contributed by atoms with Gasteiger partial charge in [0.1, 0.15) is 5.56 Å². The molecule has 0 bridgehead atoms. The molecular weight excluding hydrogens is 422 g/mol. The third kappa shape index (κ3) is 3.61. The van der Waals surface area contributed by atoms with Crippen LogP contribution in [0.5, 0.6) is 17.4 Å². The zero-order chi connectivity index (χ0) is 21.4. The fourth-order valence-electron chi connectivity index (χ4n) is 3.33. The third-order valence-corrected chi connectivity index (χ3v) is 6.62. The second kappa shape index (κ2) is 8.00. The van der Waals surface area contributed by atoms with Crippen LogP contribution in [0.25, 0.3) is 0 Å². The Morgan fingerprint density at radius 2 is 2.03 bits per heavy atom. The van der Waals surface area contributed by atoms with E-state index >= 15 is 0 Å². The lowest BCUT2D eigenvalue weighted by atomic mass is 10.0. The Kier molecular flexibility index (Phi) is 5.40. The number of methoxy groups -OCH3 is 1. The molecule has 2 aromatic carbocycles. The molecule has 0 saturated heterocycles. The summed E-state index contributed by atoms with van der Waals surface area (Å²) in [5.74, 6) is 0.186. The van der Waals surface area contributed by atoms with E-state index in [-0.39, 0.29) is 27.2 Å². The van der Waals surface area contributed by atoms with Gasteiger partial charge >= 0.3 is 0 Å². The highest BCUT2D eigenvalue weighted by atomic mass is 32.2. The second-order valence-electron chi connectivity index (χ2n) is 6.79. The molecule has 0 fully saturated rings. The van der Waals surface area contributed by atoms with Crippen molar-refractivity contribution in [2.24, 2.45) is 12.0 Å². The van der Waals surface area contributed by atoms with Crippen LogP contribution >= 0.6 is 24.0 Å². The van der Waals surface area contributed by atoms with E-state index in [1.165, 1.54) is 11.7 Å². The van der Waals surface area contributed by atoms with Gasteiger partial charge in [0.15, 0.2) is 16.3 Å². The Labute approximate surface area is 181 Å². The summed E-state index contributed by atoms with van der Waals surface area (Å²) in [5.41, 5.74) is 1.60. The molecule has 1 atom stereocenters. The minimum Gasteiger partial charge on any atom is -0.504 e. The molecule has 30 heavy (non-hydrogen) atoms. The van der Waals surface area contributed by atoms with Gasteiger partial charge in [0, 0.05) is 23.6 Å². The van der Waals surface area contributed by atoms with Crippen molar-refractivity contribution >= 4 is 35.4 Å². The van der Waals surface area contributed by atoms with Crippen molar-refractivity contribution in [3.05, 3.63) is 68.7 Å². The van der Waals surface area contributed by atoms with E-state index in [4.69, 9.17) is 21.9 Å². The molecular formula is C21H19N3O4S2. The Bertz CT molecular complexity index is 1280. The minimum absolute atomic E-state index is 0.0363.